The molecule has 19 heavy (non-hydrogen) atoms. The number of carbonyl (C=O) groups excluding carboxylic acids is 1. The molecule has 0 aliphatic rings. The van der Waals surface area contributed by atoms with Crippen molar-refractivity contribution >= 4 is 12.3 Å². The molecule has 0 atom stereocenters. The predicted octanol–water partition coefficient (Wildman–Crippen LogP) is 2.95. The normalized spacial score (nSPS) is 10.4. The second kappa shape index (κ2) is 8.97. The van der Waals surface area contributed by atoms with E-state index in [0.29, 0.717) is 0 Å². The van der Waals surface area contributed by atoms with Crippen molar-refractivity contribution in [2.75, 3.05) is 13.7 Å². The van der Waals surface area contributed by atoms with Gasteiger partial charge in [0.15, 0.2) is 0 Å². The highest BCUT2D eigenvalue weighted by Crippen LogP contribution is 2.11. The minimum atomic E-state index is -0.591. The molecule has 1 aromatic carbocycles. The Morgan fingerprint density at radius 3 is 2.68 bits per heavy atom. The summed E-state index contributed by atoms with van der Waals surface area (Å²) >= 11 is 0. The maximum atomic E-state index is 10.8. The van der Waals surface area contributed by atoms with E-state index in [-0.39, 0.29) is 0 Å². The van der Waals surface area contributed by atoms with Crippen molar-refractivity contribution in [3.8, 4) is 5.75 Å². The number of nitrogens with zero attached hydrogens (tertiary/aromatic N) is 1. The van der Waals surface area contributed by atoms with Gasteiger partial charge in [-0.15, -0.1) is 0 Å². The minimum Gasteiger partial charge on any atom is -0.494 e. The van der Waals surface area contributed by atoms with E-state index in [9.17, 15) is 4.79 Å². The van der Waals surface area contributed by atoms with Crippen LogP contribution in [-0.4, -0.2) is 26.0 Å². The van der Waals surface area contributed by atoms with Crippen LogP contribution in [0, 0.1) is 0 Å². The molecular weight excluding hydrogens is 244 g/mol. The van der Waals surface area contributed by atoms with Gasteiger partial charge in [-0.25, -0.2) is 10.2 Å². The van der Waals surface area contributed by atoms with Gasteiger partial charge < -0.3 is 9.47 Å². The summed E-state index contributed by atoms with van der Waals surface area (Å²) in [5.74, 6) is 0.842. The fourth-order valence-corrected chi connectivity index (χ4v) is 1.40. The summed E-state index contributed by atoms with van der Waals surface area (Å²) in [5.41, 5.74) is 3.09. The number of nitrogens with one attached hydrogen (secondary N) is 1. The molecular formula is C14H20N2O3. The van der Waals surface area contributed by atoms with Gasteiger partial charge in [0.05, 0.1) is 19.9 Å². The first-order chi connectivity index (χ1) is 9.26. The number of hydrogen-bond donors (Lipinski definition) is 1. The van der Waals surface area contributed by atoms with E-state index < -0.39 is 6.09 Å². The molecule has 0 aliphatic carbocycles. The van der Waals surface area contributed by atoms with Gasteiger partial charge in [0.2, 0.25) is 0 Å². The Hall–Kier alpha value is -2.04. The van der Waals surface area contributed by atoms with Crippen LogP contribution in [0.2, 0.25) is 0 Å². The maximum absolute atomic E-state index is 10.8. The third kappa shape index (κ3) is 6.45. The molecule has 5 heteroatoms. The van der Waals surface area contributed by atoms with E-state index in [1.165, 1.54) is 26.2 Å². The van der Waals surface area contributed by atoms with Crippen LogP contribution < -0.4 is 10.2 Å². The molecule has 0 bridgehead atoms. The van der Waals surface area contributed by atoms with Gasteiger partial charge in [0, 0.05) is 0 Å². The number of amides is 1. The third-order valence-electron chi connectivity index (χ3n) is 2.45. The van der Waals surface area contributed by atoms with E-state index in [4.69, 9.17) is 4.74 Å². The summed E-state index contributed by atoms with van der Waals surface area (Å²) in [6, 6.07) is 7.51. The lowest BCUT2D eigenvalue weighted by atomic mass is 10.2. The average Bonchev–Trinajstić information content (AvgIpc) is 2.45. The zero-order valence-corrected chi connectivity index (χ0v) is 11.4. The number of benzene rings is 1. The Morgan fingerprint density at radius 2 is 2.05 bits per heavy atom. The van der Waals surface area contributed by atoms with E-state index >= 15 is 0 Å². The molecule has 0 aromatic heterocycles. The fraction of sp³-hybridized carbons (Fsp3) is 0.429. The van der Waals surface area contributed by atoms with Crippen molar-refractivity contribution in [2.45, 2.75) is 26.2 Å². The second-order valence-corrected chi connectivity index (χ2v) is 3.99. The molecule has 0 unspecified atom stereocenters. The molecule has 1 N–H and O–H groups in total. The molecule has 0 fully saturated rings. The molecule has 0 spiro atoms. The first-order valence-corrected chi connectivity index (χ1v) is 6.36. The topological polar surface area (TPSA) is 59.9 Å². The number of methoxy groups -OCH3 is 1. The van der Waals surface area contributed by atoms with Crippen molar-refractivity contribution < 1.29 is 14.3 Å². The van der Waals surface area contributed by atoms with E-state index in [1.807, 2.05) is 24.3 Å². The summed E-state index contributed by atoms with van der Waals surface area (Å²) in [6.45, 7) is 2.90. The quantitative estimate of drug-likeness (QED) is 0.468. The second-order valence-electron chi connectivity index (χ2n) is 3.99. The van der Waals surface area contributed by atoms with Gasteiger partial charge in [-0.3, -0.25) is 0 Å². The van der Waals surface area contributed by atoms with Crippen molar-refractivity contribution in [1.29, 1.82) is 0 Å². The number of hydrazone groups is 1. The molecule has 104 valence electrons. The van der Waals surface area contributed by atoms with Gasteiger partial charge in [-0.2, -0.15) is 5.10 Å². The number of carbonyl (C=O) groups is 1. The molecule has 0 aliphatic heterocycles. The van der Waals surface area contributed by atoms with E-state index in [1.54, 1.807) is 0 Å². The highest BCUT2D eigenvalue weighted by molar-refractivity contribution is 5.80. The number of unbranched alkanes of at least 4 members (excludes halogenated alkanes) is 2. The summed E-state index contributed by atoms with van der Waals surface area (Å²) in [5, 5.41) is 3.74. The van der Waals surface area contributed by atoms with Crippen molar-refractivity contribution in [2.24, 2.45) is 5.10 Å². The van der Waals surface area contributed by atoms with Crippen LogP contribution in [0.25, 0.3) is 0 Å². The molecule has 1 rings (SSSR count). The lowest BCUT2D eigenvalue weighted by Gasteiger charge is -2.05. The Balaban J connectivity index is 2.36. The monoisotopic (exact) mass is 264 g/mol. The van der Waals surface area contributed by atoms with Crippen LogP contribution in [0.15, 0.2) is 29.4 Å². The summed E-state index contributed by atoms with van der Waals surface area (Å²) in [6.07, 6.45) is 4.39. The largest absolute Gasteiger partial charge is 0.494 e. The van der Waals surface area contributed by atoms with Crippen LogP contribution in [0.3, 0.4) is 0 Å². The molecule has 0 saturated heterocycles. The standard InChI is InChI=1S/C14H20N2O3/c1-3-4-5-10-19-13-8-6-12(7-9-13)11-15-16-14(17)18-2/h6-9,11H,3-5,10H2,1-2H3,(H,16,17)/b15-11-. The Labute approximate surface area is 113 Å². The summed E-state index contributed by atoms with van der Waals surface area (Å²) < 4.78 is 9.98. The fourth-order valence-electron chi connectivity index (χ4n) is 1.40. The Kier molecular flexibility index (Phi) is 7.09. The molecule has 5 nitrogen and oxygen atoms in total. The highest BCUT2D eigenvalue weighted by atomic mass is 16.5. The van der Waals surface area contributed by atoms with E-state index in [0.717, 1.165) is 24.3 Å². The molecule has 0 saturated carbocycles. The first kappa shape index (κ1) is 15.0. The Morgan fingerprint density at radius 1 is 1.32 bits per heavy atom. The number of hydrogen-bond acceptors (Lipinski definition) is 4. The average molecular weight is 264 g/mol. The van der Waals surface area contributed by atoms with Crippen molar-refractivity contribution in [1.82, 2.24) is 5.43 Å². The number of ether oxygens (including phenoxy) is 2. The zero-order chi connectivity index (χ0) is 13.9. The molecule has 1 amide bonds. The smallest absolute Gasteiger partial charge is 0.427 e. The van der Waals surface area contributed by atoms with Crippen molar-refractivity contribution in [3.05, 3.63) is 29.8 Å². The predicted molar refractivity (Wildman–Crippen MR) is 74.6 cm³/mol. The number of rotatable bonds is 7. The molecule has 1 aromatic rings. The highest BCUT2D eigenvalue weighted by Gasteiger charge is 1.95. The van der Waals surface area contributed by atoms with Gasteiger partial charge in [-0.05, 0) is 36.2 Å². The zero-order valence-electron chi connectivity index (χ0n) is 11.4. The summed E-state index contributed by atoms with van der Waals surface area (Å²) in [4.78, 5) is 10.8. The van der Waals surface area contributed by atoms with Gasteiger partial charge in [0.25, 0.3) is 0 Å². The third-order valence-corrected chi connectivity index (χ3v) is 2.45. The first-order valence-electron chi connectivity index (χ1n) is 6.36. The van der Waals surface area contributed by atoms with Gasteiger partial charge in [-0.1, -0.05) is 19.8 Å². The molecule has 0 heterocycles. The van der Waals surface area contributed by atoms with Crippen molar-refractivity contribution in [3.63, 3.8) is 0 Å². The van der Waals surface area contributed by atoms with Gasteiger partial charge in [0.1, 0.15) is 5.75 Å². The minimum absolute atomic E-state index is 0.591. The van der Waals surface area contributed by atoms with E-state index in [2.05, 4.69) is 22.2 Å². The SMILES string of the molecule is CCCCCOc1ccc(/C=N\NC(=O)OC)cc1. The van der Waals surface area contributed by atoms with Crippen LogP contribution >= 0.6 is 0 Å². The Bertz CT molecular complexity index is 402. The lowest BCUT2D eigenvalue weighted by Crippen LogP contribution is -2.16. The molecule has 0 radical (unpaired) electrons. The van der Waals surface area contributed by atoms with Gasteiger partial charge >= 0.3 is 6.09 Å². The summed E-state index contributed by atoms with van der Waals surface area (Å²) in [7, 11) is 1.29. The van der Waals surface area contributed by atoms with Crippen LogP contribution in [0.5, 0.6) is 5.75 Å². The van der Waals surface area contributed by atoms with Crippen LogP contribution in [0.1, 0.15) is 31.7 Å². The van der Waals surface area contributed by atoms with Crippen LogP contribution in [0.4, 0.5) is 4.79 Å². The van der Waals surface area contributed by atoms with Crippen LogP contribution in [-0.2, 0) is 4.74 Å². The maximum Gasteiger partial charge on any atom is 0.427 e. The lowest BCUT2D eigenvalue weighted by molar-refractivity contribution is 0.171.